The molecule has 32 heavy (non-hydrogen) atoms. The lowest BCUT2D eigenvalue weighted by atomic mass is 10.1. The fourth-order valence-electron chi connectivity index (χ4n) is 3.56. The Morgan fingerprint density at radius 2 is 2.09 bits per heavy atom. The number of rotatable bonds is 10. The summed E-state index contributed by atoms with van der Waals surface area (Å²) >= 11 is 0. The Balaban J connectivity index is 0.00000363. The summed E-state index contributed by atoms with van der Waals surface area (Å²) < 4.78 is 31.7. The first-order chi connectivity index (χ1) is 15.0. The van der Waals surface area contributed by atoms with E-state index in [0.717, 1.165) is 30.8 Å². The summed E-state index contributed by atoms with van der Waals surface area (Å²) in [6.07, 6.45) is 2.26. The van der Waals surface area contributed by atoms with Crippen molar-refractivity contribution in [1.82, 2.24) is 25.4 Å². The third kappa shape index (κ3) is 8.32. The second kappa shape index (κ2) is 13.1. The molecular formula is C21H33IN6O3S. The van der Waals surface area contributed by atoms with Gasteiger partial charge < -0.3 is 15.4 Å². The molecule has 1 aliphatic heterocycles. The third-order valence-electron chi connectivity index (χ3n) is 4.97. The van der Waals surface area contributed by atoms with E-state index in [2.05, 4.69) is 25.7 Å². The van der Waals surface area contributed by atoms with Gasteiger partial charge in [0.25, 0.3) is 0 Å². The monoisotopic (exact) mass is 576 g/mol. The number of ether oxygens (including phenoxy) is 1. The molecule has 3 rings (SSSR count). The van der Waals surface area contributed by atoms with Gasteiger partial charge in [-0.2, -0.15) is 5.10 Å². The highest BCUT2D eigenvalue weighted by molar-refractivity contribution is 14.0. The second-order valence-electron chi connectivity index (χ2n) is 7.63. The number of aliphatic imine (C=N–C) groups is 1. The Morgan fingerprint density at radius 1 is 1.31 bits per heavy atom. The van der Waals surface area contributed by atoms with E-state index in [9.17, 15) is 8.42 Å². The van der Waals surface area contributed by atoms with Crippen molar-refractivity contribution < 1.29 is 13.2 Å². The van der Waals surface area contributed by atoms with Gasteiger partial charge in [-0.25, -0.2) is 18.1 Å². The van der Waals surface area contributed by atoms with Crippen molar-refractivity contribution in [2.45, 2.75) is 51.1 Å². The fraction of sp³-hybridized carbons (Fsp3) is 0.571. The quantitative estimate of drug-likeness (QED) is 0.193. The molecule has 2 heterocycles. The number of hydrogen-bond donors (Lipinski definition) is 2. The maximum Gasteiger partial charge on any atom is 0.191 e. The highest BCUT2D eigenvalue weighted by atomic mass is 127. The average Bonchev–Trinajstić information content (AvgIpc) is 3.14. The van der Waals surface area contributed by atoms with E-state index >= 15 is 0 Å². The van der Waals surface area contributed by atoms with Gasteiger partial charge in [0.1, 0.15) is 12.4 Å². The first-order valence-corrected chi connectivity index (χ1v) is 12.5. The van der Waals surface area contributed by atoms with E-state index < -0.39 is 9.84 Å². The Labute approximate surface area is 207 Å². The maximum atomic E-state index is 12.3. The smallest absolute Gasteiger partial charge is 0.191 e. The number of nitrogens with zero attached hydrogens (tertiary/aromatic N) is 4. The lowest BCUT2D eigenvalue weighted by Crippen LogP contribution is -2.47. The van der Waals surface area contributed by atoms with Crippen LogP contribution >= 0.6 is 24.0 Å². The Kier molecular flexibility index (Phi) is 10.9. The van der Waals surface area contributed by atoms with Gasteiger partial charge in [-0.3, -0.25) is 4.99 Å². The van der Waals surface area contributed by atoms with Gasteiger partial charge >= 0.3 is 0 Å². The zero-order valence-corrected chi connectivity index (χ0v) is 21.8. The summed E-state index contributed by atoms with van der Waals surface area (Å²) in [5.74, 6) is 2.59. The van der Waals surface area contributed by atoms with Crippen LogP contribution in [-0.4, -0.2) is 61.1 Å². The standard InChI is InChI=1S/C21H32N6O3S.HI/c1-3-22-21(23-12-7-13-31(28,29)16-17-8-5-4-6-9-17)24-18-10-11-20-25-19(15-30-2)26-27(20)14-18;/h4-6,8-9,18H,3,7,10-16H2,1-2H3,(H2,22,23,24);1H. The zero-order valence-electron chi connectivity index (χ0n) is 18.7. The molecule has 178 valence electrons. The zero-order chi connectivity index (χ0) is 22.1. The molecule has 9 nitrogen and oxygen atoms in total. The van der Waals surface area contributed by atoms with E-state index in [-0.39, 0.29) is 41.5 Å². The minimum absolute atomic E-state index is 0. The Morgan fingerprint density at radius 3 is 2.81 bits per heavy atom. The van der Waals surface area contributed by atoms with Gasteiger partial charge in [-0.1, -0.05) is 30.3 Å². The van der Waals surface area contributed by atoms with Crippen LogP contribution in [0.25, 0.3) is 0 Å². The van der Waals surface area contributed by atoms with Crippen molar-refractivity contribution in [1.29, 1.82) is 0 Å². The van der Waals surface area contributed by atoms with Crippen LogP contribution in [0.2, 0.25) is 0 Å². The number of benzene rings is 1. The molecule has 0 fully saturated rings. The molecule has 0 spiro atoms. The molecular weight excluding hydrogens is 543 g/mol. The summed E-state index contributed by atoms with van der Waals surface area (Å²) in [6.45, 7) is 4.31. The number of aryl methyl sites for hydroxylation is 1. The normalized spacial score (nSPS) is 16.2. The van der Waals surface area contributed by atoms with Gasteiger partial charge in [0.15, 0.2) is 21.6 Å². The average molecular weight is 577 g/mol. The van der Waals surface area contributed by atoms with Crippen molar-refractivity contribution in [3.8, 4) is 0 Å². The molecule has 0 radical (unpaired) electrons. The number of methoxy groups -OCH3 is 1. The van der Waals surface area contributed by atoms with Gasteiger partial charge in [0.2, 0.25) is 0 Å². The summed E-state index contributed by atoms with van der Waals surface area (Å²) in [6, 6.07) is 9.46. The summed E-state index contributed by atoms with van der Waals surface area (Å²) in [5.41, 5.74) is 0.819. The summed E-state index contributed by atoms with van der Waals surface area (Å²) in [5, 5.41) is 11.2. The van der Waals surface area contributed by atoms with E-state index in [1.54, 1.807) is 7.11 Å². The highest BCUT2D eigenvalue weighted by Crippen LogP contribution is 2.13. The van der Waals surface area contributed by atoms with Crippen LogP contribution in [0.4, 0.5) is 0 Å². The van der Waals surface area contributed by atoms with Crippen LogP contribution in [0.3, 0.4) is 0 Å². The SMILES string of the molecule is CCNC(=NCCCS(=O)(=O)Cc1ccccc1)NC1CCc2nc(COC)nn2C1.I. The van der Waals surface area contributed by atoms with Crippen LogP contribution in [0.1, 0.15) is 37.0 Å². The molecule has 2 aromatic rings. The number of guanidine groups is 1. The lowest BCUT2D eigenvalue weighted by molar-refractivity contribution is 0.177. The molecule has 0 saturated carbocycles. The Hall–Kier alpha value is -1.73. The number of halogens is 1. The topological polar surface area (TPSA) is 110 Å². The molecule has 0 bridgehead atoms. The molecule has 0 amide bonds. The van der Waals surface area contributed by atoms with Crippen molar-refractivity contribution >= 4 is 39.8 Å². The second-order valence-corrected chi connectivity index (χ2v) is 9.82. The van der Waals surface area contributed by atoms with E-state index in [1.807, 2.05) is 41.9 Å². The predicted octanol–water partition coefficient (Wildman–Crippen LogP) is 1.92. The van der Waals surface area contributed by atoms with Crippen LogP contribution < -0.4 is 10.6 Å². The van der Waals surface area contributed by atoms with Crippen molar-refractivity contribution in [2.24, 2.45) is 4.99 Å². The number of fused-ring (bicyclic) bond motifs is 1. The van der Waals surface area contributed by atoms with Gasteiger partial charge in [-0.05, 0) is 25.3 Å². The largest absolute Gasteiger partial charge is 0.377 e. The number of hydrogen-bond acceptors (Lipinski definition) is 6. The fourth-order valence-corrected chi connectivity index (χ4v) is 4.97. The van der Waals surface area contributed by atoms with E-state index in [0.29, 0.717) is 37.9 Å². The van der Waals surface area contributed by atoms with Crippen molar-refractivity contribution in [2.75, 3.05) is 26.0 Å². The van der Waals surface area contributed by atoms with Crippen LogP contribution in [0, 0.1) is 0 Å². The first-order valence-electron chi connectivity index (χ1n) is 10.7. The third-order valence-corrected chi connectivity index (χ3v) is 6.66. The van der Waals surface area contributed by atoms with Crippen LogP contribution in [0.5, 0.6) is 0 Å². The molecule has 0 saturated heterocycles. The molecule has 1 unspecified atom stereocenters. The maximum absolute atomic E-state index is 12.3. The predicted molar refractivity (Wildman–Crippen MR) is 136 cm³/mol. The molecule has 1 aromatic heterocycles. The highest BCUT2D eigenvalue weighted by Gasteiger charge is 2.22. The first kappa shape index (κ1) is 26.5. The summed E-state index contributed by atoms with van der Waals surface area (Å²) in [4.78, 5) is 9.07. The van der Waals surface area contributed by atoms with Gasteiger partial charge in [0.05, 0.1) is 18.1 Å². The number of nitrogens with one attached hydrogen (secondary N) is 2. The van der Waals surface area contributed by atoms with E-state index in [4.69, 9.17) is 4.74 Å². The van der Waals surface area contributed by atoms with Gasteiger partial charge in [0, 0.05) is 32.7 Å². The molecule has 1 atom stereocenters. The minimum Gasteiger partial charge on any atom is -0.377 e. The summed E-state index contributed by atoms with van der Waals surface area (Å²) in [7, 11) is -1.51. The number of sulfone groups is 1. The lowest BCUT2D eigenvalue weighted by Gasteiger charge is -2.25. The van der Waals surface area contributed by atoms with Crippen LogP contribution in [0.15, 0.2) is 35.3 Å². The molecule has 0 aliphatic carbocycles. The molecule has 1 aliphatic rings. The molecule has 11 heteroatoms. The molecule has 1 aromatic carbocycles. The van der Waals surface area contributed by atoms with E-state index in [1.165, 1.54) is 0 Å². The number of aromatic nitrogens is 3. The minimum atomic E-state index is -3.15. The van der Waals surface area contributed by atoms with Gasteiger partial charge in [-0.15, -0.1) is 24.0 Å². The van der Waals surface area contributed by atoms with Crippen molar-refractivity contribution in [3.63, 3.8) is 0 Å². The van der Waals surface area contributed by atoms with Crippen molar-refractivity contribution in [3.05, 3.63) is 47.5 Å². The van der Waals surface area contributed by atoms with Crippen LogP contribution in [-0.2, 0) is 39.9 Å². The molecule has 2 N–H and O–H groups in total. The Bertz CT molecular complexity index is 965.